The number of piperazine rings is 2. The molecule has 4 fully saturated rings. The predicted molar refractivity (Wildman–Crippen MR) is 559 cm³/mol. The lowest BCUT2D eigenvalue weighted by Crippen LogP contribution is -2.59. The molecule has 141 heavy (non-hydrogen) atoms. The van der Waals surface area contributed by atoms with Crippen LogP contribution >= 0.6 is 57.6 Å². The van der Waals surface area contributed by atoms with Crippen molar-refractivity contribution in [1.82, 2.24) is 76.1 Å². The number of nitrogens with zero attached hydrogens (tertiary/aromatic N) is 12. The van der Waals surface area contributed by atoms with Crippen LogP contribution in [0.5, 0.6) is 5.75 Å². The third kappa shape index (κ3) is 28.1. The van der Waals surface area contributed by atoms with Crippen LogP contribution in [0.25, 0.3) is 20.9 Å². The Morgan fingerprint density at radius 1 is 0.496 bits per heavy atom. The van der Waals surface area contributed by atoms with Crippen LogP contribution in [0.2, 0.25) is 10.0 Å². The first kappa shape index (κ1) is 108. The van der Waals surface area contributed by atoms with Crippen LogP contribution in [0.3, 0.4) is 0 Å². The van der Waals surface area contributed by atoms with E-state index in [-0.39, 0.29) is 79.3 Å². The molecule has 4 saturated heterocycles. The molecule has 4 aromatic heterocycles. The topological polar surface area (TPSA) is 363 Å². The fraction of sp³-hybridized carbons (Fsp3) is 0.570. The van der Waals surface area contributed by atoms with Crippen molar-refractivity contribution in [3.63, 3.8) is 0 Å². The van der Waals surface area contributed by atoms with Gasteiger partial charge in [0.05, 0.1) is 92.4 Å². The molecule has 8 amide bonds. The summed E-state index contributed by atoms with van der Waals surface area (Å²) in [7, 11) is 0. The second kappa shape index (κ2) is 50.2. The first-order chi connectivity index (χ1) is 67.4. The number of amides is 8. The molecule has 4 aromatic carbocycles. The summed E-state index contributed by atoms with van der Waals surface area (Å²) < 4.78 is 5.83. The molecule has 8 heterocycles. The summed E-state index contributed by atoms with van der Waals surface area (Å²) in [5.41, 5.74) is 14.7. The van der Waals surface area contributed by atoms with E-state index in [0.29, 0.717) is 98.7 Å². The Morgan fingerprint density at radius 2 is 0.957 bits per heavy atom. The Bertz CT molecular complexity index is 5560. The van der Waals surface area contributed by atoms with Gasteiger partial charge >= 0.3 is 0 Å². The van der Waals surface area contributed by atoms with E-state index in [0.717, 1.165) is 174 Å². The molecular formula is C107H145Cl2N17O12S3. The van der Waals surface area contributed by atoms with E-state index in [1.165, 1.54) is 47.7 Å². The second-order valence-electron chi connectivity index (χ2n) is 40.8. The quantitative estimate of drug-likeness (QED) is 0.0165. The molecule has 762 valence electrons. The number of halogens is 2. The summed E-state index contributed by atoms with van der Waals surface area (Å²) >= 11 is 17.3. The normalized spacial score (nSPS) is 20.4. The third-order valence-electron chi connectivity index (χ3n) is 28.6. The van der Waals surface area contributed by atoms with Gasteiger partial charge in [-0.15, -0.1) is 22.7 Å². The van der Waals surface area contributed by atoms with Crippen molar-refractivity contribution in [1.29, 1.82) is 0 Å². The first-order valence-corrected chi connectivity index (χ1v) is 54.0. The molecule has 34 heteroatoms. The van der Waals surface area contributed by atoms with Crippen LogP contribution in [0.4, 0.5) is 11.6 Å². The van der Waals surface area contributed by atoms with Crippen molar-refractivity contribution >= 4 is 117 Å². The number of unbranched alkanes of at least 4 members (excludes halogenated alkanes) is 10. The van der Waals surface area contributed by atoms with Gasteiger partial charge in [0.25, 0.3) is 0 Å². The van der Waals surface area contributed by atoms with Crippen molar-refractivity contribution in [3.8, 4) is 26.6 Å². The number of thiazole rings is 2. The van der Waals surface area contributed by atoms with Gasteiger partial charge in [-0.05, 0) is 180 Å². The van der Waals surface area contributed by atoms with Gasteiger partial charge in [-0.2, -0.15) is 11.8 Å². The maximum atomic E-state index is 14.3. The molecular weight excluding hydrogens is 1880 g/mol. The zero-order valence-electron chi connectivity index (χ0n) is 84.3. The van der Waals surface area contributed by atoms with Gasteiger partial charge in [0.1, 0.15) is 54.2 Å². The van der Waals surface area contributed by atoms with Gasteiger partial charge in [0.2, 0.25) is 47.3 Å². The third-order valence-corrected chi connectivity index (χ3v) is 32.5. The predicted octanol–water partition coefficient (Wildman–Crippen LogP) is 16.4. The highest BCUT2D eigenvalue weighted by molar-refractivity contribution is 8.00. The highest BCUT2D eigenvalue weighted by atomic mass is 35.5. The molecule has 0 saturated carbocycles. The highest BCUT2D eigenvalue weighted by Crippen LogP contribution is 2.47. The lowest BCUT2D eigenvalue weighted by atomic mass is 9.85. The Hall–Kier alpha value is -9.77. The number of benzene rings is 4. The van der Waals surface area contributed by atoms with Crippen molar-refractivity contribution in [2.45, 2.75) is 295 Å². The molecule has 14 rings (SSSR count). The van der Waals surface area contributed by atoms with E-state index in [1.54, 1.807) is 40.8 Å². The van der Waals surface area contributed by atoms with Gasteiger partial charge in [-0.3, -0.25) is 38.4 Å². The van der Waals surface area contributed by atoms with Crippen LogP contribution < -0.4 is 41.1 Å². The minimum atomic E-state index is -0.918. The smallest absolute Gasteiger partial charge is 0.247 e. The Kier molecular flexibility index (Phi) is 38.6. The first-order valence-electron chi connectivity index (χ1n) is 50.5. The summed E-state index contributed by atoms with van der Waals surface area (Å²) in [5, 5.41) is 48.6. The number of thioether (sulfide) groups is 1. The van der Waals surface area contributed by atoms with E-state index in [9.17, 15) is 53.7 Å². The van der Waals surface area contributed by atoms with Gasteiger partial charge < -0.3 is 76.0 Å². The SMILES string of the molecule is CC(=O)N[C@H](C(=O)N1C[C@H](O)C[C@H]1C(=O)N[C@@H](C)c1ccc(-c2scnc2C)cc1)C(C)(C)SCCCCCCCCCCC[C@@H](C(=O)N1CCN(c2ncnc3c2[C@H](C)C[C@H]3C)CC1)c1ccc(Cl)cc1.CC(=O)N[C@H](C(=O)N1C[C@H](O)C[C@H]1C(=O)N[C@@H](C)c1ccc(-c2scnc2C)cc1OCCCCCNC[C@@H](C(=O)N1CCN(c2ncnc3c2[C@H](C)C[C@H]3O)CC1)c1ccc(Cl)cc1)C(C)(C)C. The van der Waals surface area contributed by atoms with Gasteiger partial charge in [-0.25, -0.2) is 29.9 Å². The van der Waals surface area contributed by atoms with Crippen molar-refractivity contribution in [3.05, 3.63) is 181 Å². The lowest BCUT2D eigenvalue weighted by molar-refractivity contribution is -0.144. The number of aliphatic hydroxyl groups is 3. The lowest BCUT2D eigenvalue weighted by Gasteiger charge is -2.38. The molecule has 0 spiro atoms. The number of carbonyl (C=O) groups excluding carboxylic acids is 8. The number of anilines is 2. The van der Waals surface area contributed by atoms with E-state index < -0.39 is 76.4 Å². The van der Waals surface area contributed by atoms with Crippen LogP contribution in [-0.4, -0.2) is 244 Å². The number of β-amino-alcohol motifs (C(OH)–C–C–N with tert-alkyl or cyclic N) is 2. The van der Waals surface area contributed by atoms with Gasteiger partial charge in [0.15, 0.2) is 0 Å². The number of likely N-dealkylation sites (tertiary alicyclic amines) is 2. The number of hydrogen-bond donors (Lipinski definition) is 8. The molecule has 0 radical (unpaired) electrons. The minimum absolute atomic E-state index is 0.0101. The molecule has 4 aliphatic heterocycles. The molecule has 0 bridgehead atoms. The molecule has 6 aliphatic rings. The zero-order chi connectivity index (χ0) is 101. The van der Waals surface area contributed by atoms with Crippen LogP contribution in [-0.2, 0) is 38.4 Å². The average Bonchev–Trinajstić information content (AvgIpc) is 1.61. The maximum Gasteiger partial charge on any atom is 0.247 e. The summed E-state index contributed by atoms with van der Waals surface area (Å²) in [4.78, 5) is 149. The van der Waals surface area contributed by atoms with Crippen LogP contribution in [0.15, 0.2) is 115 Å². The van der Waals surface area contributed by atoms with E-state index in [4.69, 9.17) is 32.9 Å². The largest absolute Gasteiger partial charge is 0.493 e. The summed E-state index contributed by atoms with van der Waals surface area (Å²) in [6.07, 6.45) is 16.1. The fourth-order valence-corrected chi connectivity index (χ4v) is 23.8. The number of carbonyl (C=O) groups is 8. The molecule has 8 aromatic rings. The van der Waals surface area contributed by atoms with Crippen LogP contribution in [0, 0.1) is 19.3 Å². The summed E-state index contributed by atoms with van der Waals surface area (Å²) in [6.45, 7) is 33.5. The van der Waals surface area contributed by atoms with Crippen molar-refractivity contribution in [2.75, 3.05) is 101 Å². The minimum Gasteiger partial charge on any atom is -0.493 e. The van der Waals surface area contributed by atoms with E-state index in [1.807, 2.05) is 169 Å². The Labute approximate surface area is 853 Å². The molecule has 14 atom stereocenters. The number of fused-ring (bicyclic) bond motifs is 2. The average molecular weight is 2030 g/mol. The number of hydrogen-bond acceptors (Lipinski definition) is 24. The number of aliphatic hydroxyl groups excluding tert-OH is 3. The fourth-order valence-electron chi connectivity index (χ4n) is 20.7. The van der Waals surface area contributed by atoms with Gasteiger partial charge in [-0.1, -0.05) is 177 Å². The number of aryl methyl sites for hydroxylation is 2. The van der Waals surface area contributed by atoms with Crippen molar-refractivity contribution < 1.29 is 58.4 Å². The summed E-state index contributed by atoms with van der Waals surface area (Å²) in [6, 6.07) is 24.9. The number of aromatic nitrogens is 6. The Balaban J connectivity index is 0.000000237. The number of nitrogens with one attached hydrogen (secondary N) is 5. The Morgan fingerprint density at radius 3 is 1.49 bits per heavy atom. The monoisotopic (exact) mass is 2030 g/mol. The van der Waals surface area contributed by atoms with E-state index >= 15 is 0 Å². The second-order valence-corrected chi connectivity index (χ2v) is 45.2. The molecule has 8 N–H and O–H groups in total. The zero-order valence-corrected chi connectivity index (χ0v) is 88.3. The highest BCUT2D eigenvalue weighted by Gasteiger charge is 2.49. The molecule has 0 unspecified atom stereocenters. The summed E-state index contributed by atoms with van der Waals surface area (Å²) in [5.74, 6) is 1.93. The molecule has 2 aliphatic carbocycles. The number of rotatable bonds is 41. The number of ether oxygens (including phenoxy) is 1. The van der Waals surface area contributed by atoms with Crippen molar-refractivity contribution in [2.24, 2.45) is 5.41 Å². The van der Waals surface area contributed by atoms with Crippen LogP contribution in [0.1, 0.15) is 296 Å². The standard InChI is InChI=1S/C56H77ClN8O5S2.C51H68ClN9O7S/c1-36-31-37(2)49-48(36)52(59-34-58-49)63-26-28-64(29-27-63)54(69)46(42-22-24-44(57)25-23-42)17-15-13-11-9-8-10-12-14-16-30-72-56(6,7)51(62-40(5)66)55(70)65-33-45(67)32-47(65)53(68)61-38(3)41-18-20-43(21-19-41)50-39(4)60-35-71-50;1-30-23-41(64)44-43(30)47(55-28-54-44)59-18-20-60(21-19-59)49(66)39(34-11-14-36(52)15-12-34)26-53-17-9-8-10-22-68-42-24-35(45-32(3)56-29-69-45)13-16-38(42)31(2)57-48(65)40-25-37(63)27-61(40)50(67)46(51(5,6)7)58-33(4)62/h18-25,34-38,45-47,51,67H,8-17,26-33H2,1-7H3,(H,61,68)(H,62,66);11-16,24,28-31,37,39-41,46,53,63-64H,8-10,17-23,25-27H2,1-7H3,(H,57,65)(H,58,62)/t36-,37-,38+,45-,46-,47+,51-;30-,31+,37-,39-,40+,41-,46-/m11/s1. The maximum absolute atomic E-state index is 14.3. The molecule has 29 nitrogen and oxygen atoms in total. The van der Waals surface area contributed by atoms with E-state index in [2.05, 4.69) is 87.0 Å². The van der Waals surface area contributed by atoms with Gasteiger partial charge in [0, 0.05) is 130 Å².